The van der Waals surface area contributed by atoms with Gasteiger partial charge in [-0.2, -0.15) is 9.78 Å². The Bertz CT molecular complexity index is 1000. The first-order valence-electron chi connectivity index (χ1n) is 7.97. The highest BCUT2D eigenvalue weighted by Gasteiger charge is 2.20. The van der Waals surface area contributed by atoms with Crippen molar-refractivity contribution in [2.75, 3.05) is 0 Å². The molecule has 1 aromatic carbocycles. The van der Waals surface area contributed by atoms with Crippen LogP contribution >= 0.6 is 22.9 Å². The van der Waals surface area contributed by atoms with E-state index < -0.39 is 0 Å². The maximum atomic E-state index is 13.0. The standard InChI is InChI=1S/C18H16ClN3OS/c1-11-21-17-16(14-4-2-3-5-15(14)24-17)18(23)22(11)20-10-12-6-8-13(19)9-7-12/h6-10H,2-5H2,1H3/b20-10-. The van der Waals surface area contributed by atoms with Gasteiger partial charge >= 0.3 is 0 Å². The Hall–Kier alpha value is -1.98. The number of thiophene rings is 1. The monoisotopic (exact) mass is 357 g/mol. The minimum absolute atomic E-state index is 0.0675. The summed E-state index contributed by atoms with van der Waals surface area (Å²) in [6, 6.07) is 7.33. The van der Waals surface area contributed by atoms with Gasteiger partial charge in [0.2, 0.25) is 0 Å². The molecule has 1 aliphatic rings. The molecule has 0 spiro atoms. The maximum absolute atomic E-state index is 13.0. The molecule has 2 aromatic heterocycles. The average Bonchev–Trinajstić information content (AvgIpc) is 2.94. The van der Waals surface area contributed by atoms with Gasteiger partial charge in [0.25, 0.3) is 5.56 Å². The van der Waals surface area contributed by atoms with Gasteiger partial charge in [-0.15, -0.1) is 11.3 Å². The van der Waals surface area contributed by atoms with Crippen LogP contribution in [0.4, 0.5) is 0 Å². The van der Waals surface area contributed by atoms with Gasteiger partial charge in [-0.05, 0) is 55.9 Å². The Balaban J connectivity index is 1.83. The summed E-state index contributed by atoms with van der Waals surface area (Å²) in [7, 11) is 0. The summed E-state index contributed by atoms with van der Waals surface area (Å²) >= 11 is 7.55. The molecule has 24 heavy (non-hydrogen) atoms. The molecule has 4 rings (SSSR count). The molecule has 6 heteroatoms. The first-order valence-corrected chi connectivity index (χ1v) is 9.17. The first kappa shape index (κ1) is 15.5. The summed E-state index contributed by atoms with van der Waals surface area (Å²) in [5.74, 6) is 0.608. The lowest BCUT2D eigenvalue weighted by Gasteiger charge is -2.10. The average molecular weight is 358 g/mol. The summed E-state index contributed by atoms with van der Waals surface area (Å²) in [6.07, 6.45) is 6.03. The fraction of sp³-hybridized carbons (Fsp3) is 0.278. The molecule has 1 aliphatic carbocycles. The largest absolute Gasteiger partial charge is 0.283 e. The van der Waals surface area contributed by atoms with Crippen molar-refractivity contribution in [2.45, 2.75) is 32.6 Å². The number of rotatable bonds is 2. The molecule has 3 aromatic rings. The zero-order chi connectivity index (χ0) is 16.7. The van der Waals surface area contributed by atoms with E-state index in [1.807, 2.05) is 19.1 Å². The van der Waals surface area contributed by atoms with Gasteiger partial charge in [0.15, 0.2) is 0 Å². The third-order valence-electron chi connectivity index (χ3n) is 4.32. The van der Waals surface area contributed by atoms with Crippen molar-refractivity contribution in [1.29, 1.82) is 0 Å². The van der Waals surface area contributed by atoms with Crippen LogP contribution < -0.4 is 5.56 Å². The van der Waals surface area contributed by atoms with Crippen molar-refractivity contribution < 1.29 is 0 Å². The number of hydrogen-bond acceptors (Lipinski definition) is 4. The highest BCUT2D eigenvalue weighted by molar-refractivity contribution is 7.18. The predicted molar refractivity (Wildman–Crippen MR) is 99.7 cm³/mol. The van der Waals surface area contributed by atoms with E-state index in [4.69, 9.17) is 11.6 Å². The van der Waals surface area contributed by atoms with Crippen molar-refractivity contribution in [1.82, 2.24) is 9.66 Å². The molecule has 0 unspecified atom stereocenters. The fourth-order valence-electron chi connectivity index (χ4n) is 3.11. The minimum atomic E-state index is -0.0675. The third kappa shape index (κ3) is 2.68. The molecule has 0 amide bonds. The van der Waals surface area contributed by atoms with E-state index in [-0.39, 0.29) is 5.56 Å². The Kier molecular flexibility index (Phi) is 3.98. The molecule has 0 atom stereocenters. The second-order valence-electron chi connectivity index (χ2n) is 5.96. The van der Waals surface area contributed by atoms with Gasteiger partial charge in [0.05, 0.1) is 11.6 Å². The molecule has 0 fully saturated rings. The smallest absolute Gasteiger partial charge is 0.267 e. The number of halogens is 1. The van der Waals surface area contributed by atoms with Crippen molar-refractivity contribution >= 4 is 39.4 Å². The zero-order valence-corrected chi connectivity index (χ0v) is 14.8. The molecule has 122 valence electrons. The number of nitrogens with zero attached hydrogens (tertiary/aromatic N) is 3. The molecular formula is C18H16ClN3OS. The van der Waals surface area contributed by atoms with Crippen LogP contribution in [0.25, 0.3) is 10.2 Å². The second-order valence-corrected chi connectivity index (χ2v) is 7.48. The number of benzene rings is 1. The quantitative estimate of drug-likeness (QED) is 0.646. The Morgan fingerprint density at radius 1 is 1.25 bits per heavy atom. The maximum Gasteiger partial charge on any atom is 0.283 e. The van der Waals surface area contributed by atoms with Crippen LogP contribution in [0.1, 0.15) is 34.7 Å². The van der Waals surface area contributed by atoms with Crippen LogP contribution in [0.3, 0.4) is 0 Å². The fourth-order valence-corrected chi connectivity index (χ4v) is 4.53. The highest BCUT2D eigenvalue weighted by atomic mass is 35.5. The van der Waals surface area contributed by atoms with Crippen LogP contribution in [0.15, 0.2) is 34.2 Å². The van der Waals surface area contributed by atoms with Gasteiger partial charge in [-0.3, -0.25) is 4.79 Å². The van der Waals surface area contributed by atoms with Gasteiger partial charge < -0.3 is 0 Å². The van der Waals surface area contributed by atoms with Crippen LogP contribution in [-0.2, 0) is 12.8 Å². The third-order valence-corrected chi connectivity index (χ3v) is 5.76. The SMILES string of the molecule is Cc1nc2sc3c(c2c(=O)n1/N=C\c1ccc(Cl)cc1)CCCC3. The summed E-state index contributed by atoms with van der Waals surface area (Å²) in [5.41, 5.74) is 2.01. The first-order chi connectivity index (χ1) is 11.6. The Morgan fingerprint density at radius 2 is 2.00 bits per heavy atom. The molecule has 0 N–H and O–H groups in total. The number of aromatic nitrogens is 2. The van der Waals surface area contributed by atoms with Crippen molar-refractivity contribution in [3.05, 3.63) is 61.5 Å². The Morgan fingerprint density at radius 3 is 2.79 bits per heavy atom. The van der Waals surface area contributed by atoms with E-state index in [1.165, 1.54) is 21.5 Å². The lowest BCUT2D eigenvalue weighted by Crippen LogP contribution is -2.21. The minimum Gasteiger partial charge on any atom is -0.267 e. The molecule has 4 nitrogen and oxygen atoms in total. The van der Waals surface area contributed by atoms with Crippen LogP contribution in [0.5, 0.6) is 0 Å². The van der Waals surface area contributed by atoms with E-state index in [2.05, 4.69) is 10.1 Å². The van der Waals surface area contributed by atoms with E-state index in [1.54, 1.807) is 29.7 Å². The second kappa shape index (κ2) is 6.15. The van der Waals surface area contributed by atoms with Gasteiger partial charge in [0.1, 0.15) is 10.7 Å². The normalized spacial score (nSPS) is 14.4. The van der Waals surface area contributed by atoms with Gasteiger partial charge in [-0.25, -0.2) is 4.98 Å². The van der Waals surface area contributed by atoms with E-state index >= 15 is 0 Å². The molecule has 0 bridgehead atoms. The number of fused-ring (bicyclic) bond motifs is 3. The number of aryl methyl sites for hydroxylation is 3. The molecule has 0 radical (unpaired) electrons. The molecule has 0 saturated heterocycles. The zero-order valence-electron chi connectivity index (χ0n) is 13.3. The van der Waals surface area contributed by atoms with Crippen molar-refractivity contribution in [3.8, 4) is 0 Å². The summed E-state index contributed by atoms with van der Waals surface area (Å²) in [4.78, 5) is 19.7. The highest BCUT2D eigenvalue weighted by Crippen LogP contribution is 2.33. The van der Waals surface area contributed by atoms with Crippen molar-refractivity contribution in [3.63, 3.8) is 0 Å². The molecule has 2 heterocycles. The molecule has 0 saturated carbocycles. The summed E-state index contributed by atoms with van der Waals surface area (Å²) in [5, 5.41) is 5.79. The summed E-state index contributed by atoms with van der Waals surface area (Å²) < 4.78 is 1.40. The topological polar surface area (TPSA) is 47.2 Å². The molecule has 0 aliphatic heterocycles. The molecular weight excluding hydrogens is 342 g/mol. The van der Waals surface area contributed by atoms with E-state index in [0.29, 0.717) is 10.8 Å². The predicted octanol–water partition coefficient (Wildman–Crippen LogP) is 4.18. The van der Waals surface area contributed by atoms with Crippen molar-refractivity contribution in [2.24, 2.45) is 5.10 Å². The summed E-state index contributed by atoms with van der Waals surface area (Å²) in [6.45, 7) is 1.82. The van der Waals surface area contributed by atoms with Gasteiger partial charge in [-0.1, -0.05) is 23.7 Å². The van der Waals surface area contributed by atoms with Crippen LogP contribution in [-0.4, -0.2) is 15.9 Å². The van der Waals surface area contributed by atoms with Crippen LogP contribution in [0.2, 0.25) is 5.02 Å². The lowest BCUT2D eigenvalue weighted by atomic mass is 9.97. The Labute approximate surface area is 148 Å². The lowest BCUT2D eigenvalue weighted by molar-refractivity contribution is 0.698. The van der Waals surface area contributed by atoms with Gasteiger partial charge in [0, 0.05) is 9.90 Å². The van der Waals surface area contributed by atoms with E-state index in [9.17, 15) is 4.79 Å². The number of hydrogen-bond donors (Lipinski definition) is 0. The van der Waals surface area contributed by atoms with E-state index in [0.717, 1.165) is 35.0 Å². The van der Waals surface area contributed by atoms with Crippen LogP contribution in [0, 0.1) is 6.92 Å².